The number of benzene rings is 1. The van der Waals surface area contributed by atoms with E-state index < -0.39 is 0 Å². The normalized spacial score (nSPS) is 21.9. The summed E-state index contributed by atoms with van der Waals surface area (Å²) in [5, 5.41) is 0. The molecule has 2 amide bonds. The third-order valence-corrected chi connectivity index (χ3v) is 4.74. The fourth-order valence-corrected chi connectivity index (χ4v) is 3.48. The smallest absolute Gasteiger partial charge is 0.227 e. The summed E-state index contributed by atoms with van der Waals surface area (Å²) in [6.07, 6.45) is 4.53. The molecule has 1 atom stereocenters. The predicted molar refractivity (Wildman–Crippen MR) is 85.3 cm³/mol. The minimum Gasteiger partial charge on any atom is -0.342 e. The number of hydrogen-bond acceptors (Lipinski definition) is 2. The van der Waals surface area contributed by atoms with E-state index in [1.807, 2.05) is 40.1 Å². The van der Waals surface area contributed by atoms with Crippen molar-refractivity contribution in [3.8, 4) is 0 Å². The second-order valence-electron chi connectivity index (χ2n) is 6.37. The highest BCUT2D eigenvalue weighted by Crippen LogP contribution is 2.22. The van der Waals surface area contributed by atoms with Crippen LogP contribution in [0.25, 0.3) is 0 Å². The molecule has 0 spiro atoms. The molecule has 2 heterocycles. The van der Waals surface area contributed by atoms with Crippen molar-refractivity contribution in [3.63, 3.8) is 0 Å². The van der Waals surface area contributed by atoms with E-state index >= 15 is 0 Å². The monoisotopic (exact) mass is 300 g/mol. The second kappa shape index (κ2) is 6.95. The second-order valence-corrected chi connectivity index (χ2v) is 6.37. The Morgan fingerprint density at radius 2 is 1.64 bits per heavy atom. The molecule has 0 radical (unpaired) electrons. The van der Waals surface area contributed by atoms with E-state index in [9.17, 15) is 9.59 Å². The van der Waals surface area contributed by atoms with Gasteiger partial charge in [-0.3, -0.25) is 9.59 Å². The van der Waals surface area contributed by atoms with Crippen LogP contribution in [-0.4, -0.2) is 47.8 Å². The lowest BCUT2D eigenvalue weighted by Crippen LogP contribution is -2.46. The van der Waals surface area contributed by atoms with Crippen LogP contribution in [0.5, 0.6) is 0 Å². The lowest BCUT2D eigenvalue weighted by atomic mass is 9.96. The molecule has 0 bridgehead atoms. The number of rotatable bonds is 3. The Hall–Kier alpha value is -1.84. The first-order valence-electron chi connectivity index (χ1n) is 8.34. The van der Waals surface area contributed by atoms with E-state index in [0.717, 1.165) is 50.9 Å². The van der Waals surface area contributed by atoms with Crippen LogP contribution < -0.4 is 0 Å². The van der Waals surface area contributed by atoms with Gasteiger partial charge in [-0.05, 0) is 31.2 Å². The van der Waals surface area contributed by atoms with Gasteiger partial charge in [0, 0.05) is 26.2 Å². The summed E-state index contributed by atoms with van der Waals surface area (Å²) in [7, 11) is 0. The van der Waals surface area contributed by atoms with Crippen molar-refractivity contribution >= 4 is 11.8 Å². The van der Waals surface area contributed by atoms with Crippen LogP contribution >= 0.6 is 0 Å². The summed E-state index contributed by atoms with van der Waals surface area (Å²) in [5.41, 5.74) is 1.04. The minimum atomic E-state index is 0.00609. The molecule has 0 aromatic heterocycles. The van der Waals surface area contributed by atoms with Crippen molar-refractivity contribution in [2.75, 3.05) is 26.2 Å². The van der Waals surface area contributed by atoms with Crippen LogP contribution in [0.3, 0.4) is 0 Å². The molecule has 118 valence electrons. The van der Waals surface area contributed by atoms with Gasteiger partial charge in [0.15, 0.2) is 0 Å². The fraction of sp³-hybridized carbons (Fsp3) is 0.556. The maximum absolute atomic E-state index is 12.5. The summed E-state index contributed by atoms with van der Waals surface area (Å²) in [6.45, 7) is 3.18. The Morgan fingerprint density at radius 1 is 0.955 bits per heavy atom. The van der Waals surface area contributed by atoms with Crippen LogP contribution in [0.2, 0.25) is 0 Å². The Kier molecular flexibility index (Phi) is 4.76. The van der Waals surface area contributed by atoms with Crippen molar-refractivity contribution in [2.24, 2.45) is 5.92 Å². The third-order valence-electron chi connectivity index (χ3n) is 4.74. The summed E-state index contributed by atoms with van der Waals surface area (Å²) in [5.74, 6) is 0.409. The molecule has 4 heteroatoms. The Morgan fingerprint density at radius 3 is 2.36 bits per heavy atom. The third kappa shape index (κ3) is 3.49. The molecule has 1 aromatic rings. The molecule has 1 aromatic carbocycles. The number of likely N-dealkylation sites (tertiary alicyclic amines) is 2. The quantitative estimate of drug-likeness (QED) is 0.857. The van der Waals surface area contributed by atoms with Crippen molar-refractivity contribution in [3.05, 3.63) is 35.9 Å². The largest absolute Gasteiger partial charge is 0.342 e. The Balaban J connectivity index is 1.57. The van der Waals surface area contributed by atoms with Gasteiger partial charge in [0.05, 0.1) is 12.3 Å². The van der Waals surface area contributed by atoms with E-state index in [0.29, 0.717) is 13.0 Å². The first-order valence-corrected chi connectivity index (χ1v) is 8.34. The highest BCUT2D eigenvalue weighted by atomic mass is 16.2. The van der Waals surface area contributed by atoms with Gasteiger partial charge in [0.1, 0.15) is 0 Å². The van der Waals surface area contributed by atoms with Gasteiger partial charge in [-0.1, -0.05) is 30.3 Å². The summed E-state index contributed by atoms with van der Waals surface area (Å²) in [6, 6.07) is 9.83. The van der Waals surface area contributed by atoms with Gasteiger partial charge >= 0.3 is 0 Å². The molecular weight excluding hydrogens is 276 g/mol. The molecule has 2 aliphatic rings. The van der Waals surface area contributed by atoms with Crippen molar-refractivity contribution < 1.29 is 9.59 Å². The van der Waals surface area contributed by atoms with Gasteiger partial charge in [-0.15, -0.1) is 0 Å². The lowest BCUT2D eigenvalue weighted by molar-refractivity contribution is -0.139. The van der Waals surface area contributed by atoms with Gasteiger partial charge in [-0.2, -0.15) is 0 Å². The maximum atomic E-state index is 12.5. The average molecular weight is 300 g/mol. The van der Waals surface area contributed by atoms with Crippen LogP contribution in [0.1, 0.15) is 31.2 Å². The molecule has 2 fully saturated rings. The molecule has 3 rings (SSSR count). The first-order chi connectivity index (χ1) is 10.7. The molecule has 0 aliphatic carbocycles. The molecule has 4 nitrogen and oxygen atoms in total. The number of hydrogen-bond donors (Lipinski definition) is 0. The predicted octanol–water partition coefficient (Wildman–Crippen LogP) is 2.09. The zero-order chi connectivity index (χ0) is 15.4. The SMILES string of the molecule is O=C(Cc1ccccc1)N1CCC[C@H](C(=O)N2CCCC2)C1. The van der Waals surface area contributed by atoms with Crippen LogP contribution in [0.15, 0.2) is 30.3 Å². The average Bonchev–Trinajstić information content (AvgIpc) is 3.09. The van der Waals surface area contributed by atoms with E-state index in [4.69, 9.17) is 0 Å². The zero-order valence-corrected chi connectivity index (χ0v) is 13.0. The number of nitrogens with zero attached hydrogens (tertiary/aromatic N) is 2. The summed E-state index contributed by atoms with van der Waals surface area (Å²) >= 11 is 0. The van der Waals surface area contributed by atoms with Crippen molar-refractivity contribution in [2.45, 2.75) is 32.1 Å². The standard InChI is InChI=1S/C18H24N2O2/c21-17(13-15-7-2-1-3-8-15)20-12-6-9-16(14-20)18(22)19-10-4-5-11-19/h1-3,7-8,16H,4-6,9-14H2/t16-/m0/s1. The molecular formula is C18H24N2O2. The maximum Gasteiger partial charge on any atom is 0.227 e. The minimum absolute atomic E-state index is 0.00609. The summed E-state index contributed by atoms with van der Waals surface area (Å²) < 4.78 is 0. The number of carbonyl (C=O) groups excluding carboxylic acids is 2. The molecule has 22 heavy (non-hydrogen) atoms. The molecule has 0 unspecified atom stereocenters. The molecule has 0 N–H and O–H groups in total. The van der Waals surface area contributed by atoms with E-state index in [1.165, 1.54) is 0 Å². The highest BCUT2D eigenvalue weighted by Gasteiger charge is 2.31. The molecule has 2 aliphatic heterocycles. The molecule has 2 saturated heterocycles. The van der Waals surface area contributed by atoms with E-state index in [2.05, 4.69) is 0 Å². The number of amides is 2. The highest BCUT2D eigenvalue weighted by molar-refractivity contribution is 5.82. The topological polar surface area (TPSA) is 40.6 Å². The van der Waals surface area contributed by atoms with Crippen LogP contribution in [0, 0.1) is 5.92 Å². The Labute approximate surface area is 132 Å². The fourth-order valence-electron chi connectivity index (χ4n) is 3.48. The van der Waals surface area contributed by atoms with Crippen LogP contribution in [-0.2, 0) is 16.0 Å². The number of carbonyl (C=O) groups is 2. The van der Waals surface area contributed by atoms with Gasteiger partial charge in [-0.25, -0.2) is 0 Å². The van der Waals surface area contributed by atoms with Gasteiger partial charge in [0.25, 0.3) is 0 Å². The van der Waals surface area contributed by atoms with E-state index in [-0.39, 0.29) is 17.7 Å². The van der Waals surface area contributed by atoms with Crippen molar-refractivity contribution in [1.29, 1.82) is 0 Å². The lowest BCUT2D eigenvalue weighted by Gasteiger charge is -2.34. The van der Waals surface area contributed by atoms with Gasteiger partial charge in [0.2, 0.25) is 11.8 Å². The van der Waals surface area contributed by atoms with Crippen LogP contribution in [0.4, 0.5) is 0 Å². The zero-order valence-electron chi connectivity index (χ0n) is 13.0. The first kappa shape index (κ1) is 15.1. The summed E-state index contributed by atoms with van der Waals surface area (Å²) in [4.78, 5) is 28.8. The van der Waals surface area contributed by atoms with Crippen molar-refractivity contribution in [1.82, 2.24) is 9.80 Å². The number of piperidine rings is 1. The Bertz CT molecular complexity index is 523. The van der Waals surface area contributed by atoms with E-state index in [1.54, 1.807) is 0 Å². The molecule has 0 saturated carbocycles. The van der Waals surface area contributed by atoms with Gasteiger partial charge < -0.3 is 9.80 Å².